The number of benzene rings is 2. The van der Waals surface area contributed by atoms with Gasteiger partial charge in [-0.15, -0.1) is 0 Å². The first kappa shape index (κ1) is 22.5. The lowest BCUT2D eigenvalue weighted by molar-refractivity contribution is -0.0241. The van der Waals surface area contributed by atoms with Gasteiger partial charge in [-0.2, -0.15) is 5.26 Å². The standard InChI is InChI=1S/C24H24FN5O3/c1-28-23(31)21(13-26)22(30(24(28)32)19-5-3-2-4-6-19)27-14-20-16-29(11-12-33-20)15-17-7-9-18(25)10-8-17/h2-10,20,27H,11-12,14-16H2,1H3. The first-order chi connectivity index (χ1) is 16.0. The third kappa shape index (κ3) is 4.87. The first-order valence-corrected chi connectivity index (χ1v) is 10.6. The van der Waals surface area contributed by atoms with Gasteiger partial charge in [0.15, 0.2) is 5.56 Å². The van der Waals surface area contributed by atoms with Crippen LogP contribution in [0.2, 0.25) is 0 Å². The molecule has 1 aromatic heterocycles. The number of nitriles is 1. The molecule has 0 saturated carbocycles. The van der Waals surface area contributed by atoms with E-state index in [1.165, 1.54) is 23.7 Å². The largest absolute Gasteiger partial charge is 0.374 e. The normalized spacial score (nSPS) is 16.3. The summed E-state index contributed by atoms with van der Waals surface area (Å²) in [5.74, 6) is -0.120. The molecule has 2 heterocycles. The molecule has 0 bridgehead atoms. The Morgan fingerprint density at radius 2 is 1.88 bits per heavy atom. The molecule has 1 aliphatic heterocycles. The fraction of sp³-hybridized carbons (Fsp3) is 0.292. The van der Waals surface area contributed by atoms with Gasteiger partial charge >= 0.3 is 5.69 Å². The molecular formula is C24H24FN5O3. The molecule has 8 nitrogen and oxygen atoms in total. The van der Waals surface area contributed by atoms with Crippen molar-refractivity contribution >= 4 is 5.82 Å². The summed E-state index contributed by atoms with van der Waals surface area (Å²) in [5, 5.41) is 12.8. The smallest absolute Gasteiger partial charge is 0.337 e. The summed E-state index contributed by atoms with van der Waals surface area (Å²) in [4.78, 5) is 27.7. The molecule has 1 fully saturated rings. The lowest BCUT2D eigenvalue weighted by Crippen LogP contribution is -2.46. The Labute approximate surface area is 190 Å². The average Bonchev–Trinajstić information content (AvgIpc) is 2.83. The predicted molar refractivity (Wildman–Crippen MR) is 122 cm³/mol. The highest BCUT2D eigenvalue weighted by Gasteiger charge is 2.23. The number of nitrogens with one attached hydrogen (secondary N) is 1. The Hall–Kier alpha value is -3.74. The molecule has 170 valence electrons. The van der Waals surface area contributed by atoms with Gasteiger partial charge in [0.2, 0.25) is 0 Å². The SMILES string of the molecule is Cn1c(=O)c(C#N)c(NCC2CN(Cc3ccc(F)cc3)CCO2)n(-c2ccccc2)c1=O. The van der Waals surface area contributed by atoms with E-state index < -0.39 is 11.2 Å². The molecule has 1 N–H and O–H groups in total. The maximum atomic E-state index is 13.2. The fourth-order valence-electron chi connectivity index (χ4n) is 3.90. The van der Waals surface area contributed by atoms with Crippen LogP contribution < -0.4 is 16.6 Å². The molecule has 1 saturated heterocycles. The average molecular weight is 449 g/mol. The van der Waals surface area contributed by atoms with Gasteiger partial charge in [0.25, 0.3) is 5.56 Å². The fourth-order valence-corrected chi connectivity index (χ4v) is 3.90. The second-order valence-corrected chi connectivity index (χ2v) is 7.89. The number of para-hydroxylation sites is 1. The van der Waals surface area contributed by atoms with Crippen LogP contribution in [0.4, 0.5) is 10.2 Å². The second kappa shape index (κ2) is 9.81. The molecular weight excluding hydrogens is 425 g/mol. The van der Waals surface area contributed by atoms with Crippen molar-refractivity contribution in [3.63, 3.8) is 0 Å². The van der Waals surface area contributed by atoms with Crippen LogP contribution in [-0.4, -0.2) is 46.4 Å². The van der Waals surface area contributed by atoms with Crippen molar-refractivity contribution in [3.8, 4) is 11.8 Å². The van der Waals surface area contributed by atoms with E-state index in [1.54, 1.807) is 36.4 Å². The van der Waals surface area contributed by atoms with Crippen LogP contribution in [0.5, 0.6) is 0 Å². The molecule has 9 heteroatoms. The van der Waals surface area contributed by atoms with E-state index in [-0.39, 0.29) is 23.3 Å². The molecule has 1 unspecified atom stereocenters. The van der Waals surface area contributed by atoms with Gasteiger partial charge in [-0.25, -0.2) is 13.8 Å². The summed E-state index contributed by atoms with van der Waals surface area (Å²) < 4.78 is 21.3. The van der Waals surface area contributed by atoms with Crippen LogP contribution in [-0.2, 0) is 18.3 Å². The Morgan fingerprint density at radius 1 is 1.15 bits per heavy atom. The molecule has 0 aliphatic carbocycles. The number of rotatable bonds is 6. The van der Waals surface area contributed by atoms with Crippen molar-refractivity contribution < 1.29 is 9.13 Å². The lowest BCUT2D eigenvalue weighted by atomic mass is 10.2. The van der Waals surface area contributed by atoms with E-state index in [0.717, 1.165) is 16.7 Å². The second-order valence-electron chi connectivity index (χ2n) is 7.89. The number of morpholine rings is 1. The van der Waals surface area contributed by atoms with Gasteiger partial charge in [0, 0.05) is 33.2 Å². The van der Waals surface area contributed by atoms with Crippen LogP contribution in [0.1, 0.15) is 11.1 Å². The zero-order valence-electron chi connectivity index (χ0n) is 18.2. The summed E-state index contributed by atoms with van der Waals surface area (Å²) >= 11 is 0. The Balaban J connectivity index is 1.56. The van der Waals surface area contributed by atoms with Crippen LogP contribution in [0.25, 0.3) is 5.69 Å². The van der Waals surface area contributed by atoms with E-state index in [1.807, 2.05) is 12.1 Å². The van der Waals surface area contributed by atoms with Crippen LogP contribution in [0, 0.1) is 17.1 Å². The van der Waals surface area contributed by atoms with Crippen molar-refractivity contribution in [1.29, 1.82) is 5.26 Å². The first-order valence-electron chi connectivity index (χ1n) is 10.6. The molecule has 1 atom stereocenters. The minimum Gasteiger partial charge on any atom is -0.374 e. The highest BCUT2D eigenvalue weighted by atomic mass is 19.1. The molecule has 2 aromatic carbocycles. The highest BCUT2D eigenvalue weighted by Crippen LogP contribution is 2.17. The minimum absolute atomic E-state index is 0.139. The molecule has 33 heavy (non-hydrogen) atoms. The van der Waals surface area contributed by atoms with E-state index >= 15 is 0 Å². The molecule has 1 aliphatic rings. The zero-order valence-corrected chi connectivity index (χ0v) is 18.2. The quantitative estimate of drug-likeness (QED) is 0.618. The highest BCUT2D eigenvalue weighted by molar-refractivity contribution is 5.56. The van der Waals surface area contributed by atoms with Gasteiger partial charge in [0.1, 0.15) is 17.7 Å². The Bertz CT molecular complexity index is 1280. The Morgan fingerprint density at radius 3 is 2.58 bits per heavy atom. The summed E-state index contributed by atoms with van der Waals surface area (Å²) in [6.45, 7) is 2.81. The number of nitrogens with zero attached hydrogens (tertiary/aromatic N) is 4. The van der Waals surface area contributed by atoms with Gasteiger partial charge in [-0.3, -0.25) is 14.3 Å². The third-order valence-corrected chi connectivity index (χ3v) is 5.62. The summed E-state index contributed by atoms with van der Waals surface area (Å²) in [7, 11) is 1.35. The number of hydrogen-bond donors (Lipinski definition) is 1. The molecule has 4 rings (SSSR count). The molecule has 0 radical (unpaired) electrons. The minimum atomic E-state index is -0.653. The van der Waals surface area contributed by atoms with E-state index in [9.17, 15) is 19.2 Å². The lowest BCUT2D eigenvalue weighted by Gasteiger charge is -2.33. The Kier molecular flexibility index (Phi) is 6.68. The van der Waals surface area contributed by atoms with Crippen LogP contribution in [0.15, 0.2) is 64.2 Å². The maximum Gasteiger partial charge on any atom is 0.337 e. The maximum absolute atomic E-state index is 13.2. The van der Waals surface area contributed by atoms with Crippen molar-refractivity contribution in [2.75, 3.05) is 31.6 Å². The molecule has 0 amide bonds. The van der Waals surface area contributed by atoms with E-state index in [4.69, 9.17) is 4.74 Å². The van der Waals surface area contributed by atoms with Crippen molar-refractivity contribution in [2.24, 2.45) is 7.05 Å². The van der Waals surface area contributed by atoms with Gasteiger partial charge in [-0.05, 0) is 29.8 Å². The number of anilines is 1. The van der Waals surface area contributed by atoms with Gasteiger partial charge in [0.05, 0.1) is 18.4 Å². The number of ether oxygens (including phenoxy) is 1. The van der Waals surface area contributed by atoms with Gasteiger partial charge in [-0.1, -0.05) is 30.3 Å². The van der Waals surface area contributed by atoms with Crippen molar-refractivity contribution in [2.45, 2.75) is 12.6 Å². The van der Waals surface area contributed by atoms with E-state index in [2.05, 4.69) is 10.2 Å². The third-order valence-electron chi connectivity index (χ3n) is 5.62. The summed E-state index contributed by atoms with van der Waals surface area (Å²) in [6.07, 6.45) is -0.228. The van der Waals surface area contributed by atoms with Crippen molar-refractivity contribution in [3.05, 3.63) is 92.4 Å². The predicted octanol–water partition coefficient (Wildman–Crippen LogP) is 1.86. The number of hydrogen-bond acceptors (Lipinski definition) is 6. The zero-order chi connectivity index (χ0) is 23.4. The number of aromatic nitrogens is 2. The summed E-state index contributed by atoms with van der Waals surface area (Å²) in [6, 6.07) is 17.2. The summed E-state index contributed by atoms with van der Waals surface area (Å²) in [5.41, 5.74) is 0.204. The monoisotopic (exact) mass is 449 g/mol. The topological polar surface area (TPSA) is 92.3 Å². The van der Waals surface area contributed by atoms with Crippen molar-refractivity contribution in [1.82, 2.24) is 14.0 Å². The van der Waals surface area contributed by atoms with Crippen LogP contribution in [0.3, 0.4) is 0 Å². The van der Waals surface area contributed by atoms with E-state index in [0.29, 0.717) is 31.9 Å². The molecule has 0 spiro atoms. The molecule has 3 aromatic rings. The van der Waals surface area contributed by atoms with Crippen LogP contribution >= 0.6 is 0 Å². The number of halogens is 1. The van der Waals surface area contributed by atoms with Gasteiger partial charge < -0.3 is 10.1 Å².